The third-order valence-electron chi connectivity index (χ3n) is 3.13. The molecule has 0 spiro atoms. The van der Waals surface area contributed by atoms with Crippen LogP contribution in [-0.4, -0.2) is 42.0 Å². The van der Waals surface area contributed by atoms with E-state index in [-0.39, 0.29) is 4.90 Å². The minimum Gasteiger partial charge on any atom is -0.320 e. The fraction of sp³-hybridized carbons (Fsp3) is 0.500. The molecule has 8 nitrogen and oxygen atoms in total. The summed E-state index contributed by atoms with van der Waals surface area (Å²) in [4.78, 5) is 0.230. The first kappa shape index (κ1) is 15.5. The summed E-state index contributed by atoms with van der Waals surface area (Å²) in [7, 11) is -1.78. The molecule has 2 aromatic heterocycles. The van der Waals surface area contributed by atoms with Crippen molar-refractivity contribution in [1.29, 1.82) is 0 Å². The zero-order chi connectivity index (χ0) is 15.5. The highest BCUT2D eigenvalue weighted by Crippen LogP contribution is 2.22. The maximum atomic E-state index is 12.5. The highest BCUT2D eigenvalue weighted by atomic mass is 32.2. The van der Waals surface area contributed by atoms with Gasteiger partial charge in [0, 0.05) is 12.7 Å². The fourth-order valence-electron chi connectivity index (χ4n) is 2.21. The van der Waals surface area contributed by atoms with Gasteiger partial charge in [0.2, 0.25) is 0 Å². The maximum Gasteiger partial charge on any atom is 0.265 e. The largest absolute Gasteiger partial charge is 0.320 e. The van der Waals surface area contributed by atoms with Crippen molar-refractivity contribution < 1.29 is 8.42 Å². The van der Waals surface area contributed by atoms with Gasteiger partial charge in [-0.25, -0.2) is 8.42 Å². The van der Waals surface area contributed by atoms with Gasteiger partial charge in [-0.05, 0) is 33.9 Å². The van der Waals surface area contributed by atoms with Gasteiger partial charge in [-0.3, -0.25) is 14.5 Å². The molecule has 116 valence electrons. The molecule has 0 aromatic carbocycles. The molecular weight excluding hydrogens is 292 g/mol. The Morgan fingerprint density at radius 1 is 1.38 bits per heavy atom. The number of hydrogen-bond acceptors (Lipinski definition) is 5. The highest BCUT2D eigenvalue weighted by Gasteiger charge is 2.24. The van der Waals surface area contributed by atoms with Gasteiger partial charge < -0.3 is 5.32 Å². The molecule has 3 N–H and O–H groups in total. The van der Waals surface area contributed by atoms with Gasteiger partial charge in [0.25, 0.3) is 10.0 Å². The van der Waals surface area contributed by atoms with Crippen molar-refractivity contribution in [3.05, 3.63) is 23.8 Å². The van der Waals surface area contributed by atoms with Crippen LogP contribution < -0.4 is 10.0 Å². The SMILES string of the molecule is CNCCCn1nc(C)c(S(=O)(=O)Nc2cn[nH]c2)c1C. The number of rotatable bonds is 7. The molecule has 0 unspecified atom stereocenters. The second kappa shape index (κ2) is 6.27. The van der Waals surface area contributed by atoms with E-state index < -0.39 is 10.0 Å². The van der Waals surface area contributed by atoms with Gasteiger partial charge in [0.15, 0.2) is 0 Å². The van der Waals surface area contributed by atoms with Crippen molar-refractivity contribution in [1.82, 2.24) is 25.3 Å². The average Bonchev–Trinajstić information content (AvgIpc) is 2.98. The Hall–Kier alpha value is -1.87. The van der Waals surface area contributed by atoms with Crippen LogP contribution in [0.3, 0.4) is 0 Å². The Kier molecular flexibility index (Phi) is 4.63. The zero-order valence-corrected chi connectivity index (χ0v) is 13.2. The van der Waals surface area contributed by atoms with Crippen LogP contribution in [0.1, 0.15) is 17.8 Å². The van der Waals surface area contributed by atoms with Crippen molar-refractivity contribution in [2.24, 2.45) is 0 Å². The van der Waals surface area contributed by atoms with E-state index in [4.69, 9.17) is 0 Å². The lowest BCUT2D eigenvalue weighted by Gasteiger charge is -2.07. The van der Waals surface area contributed by atoms with Crippen LogP contribution >= 0.6 is 0 Å². The van der Waals surface area contributed by atoms with Crippen molar-refractivity contribution in [2.45, 2.75) is 31.7 Å². The van der Waals surface area contributed by atoms with E-state index in [1.54, 1.807) is 18.5 Å². The number of sulfonamides is 1. The van der Waals surface area contributed by atoms with E-state index in [9.17, 15) is 8.42 Å². The van der Waals surface area contributed by atoms with Gasteiger partial charge >= 0.3 is 0 Å². The third kappa shape index (κ3) is 3.42. The topological polar surface area (TPSA) is 105 Å². The monoisotopic (exact) mass is 312 g/mol. The Morgan fingerprint density at radius 2 is 2.14 bits per heavy atom. The Labute approximate surface area is 124 Å². The van der Waals surface area contributed by atoms with E-state index in [1.807, 2.05) is 7.05 Å². The molecule has 2 rings (SSSR count). The normalized spacial score (nSPS) is 11.8. The molecule has 0 radical (unpaired) electrons. The van der Waals surface area contributed by atoms with Gasteiger partial charge in [0.1, 0.15) is 4.90 Å². The predicted molar refractivity (Wildman–Crippen MR) is 79.6 cm³/mol. The zero-order valence-electron chi connectivity index (χ0n) is 12.3. The van der Waals surface area contributed by atoms with E-state index in [2.05, 4.69) is 25.3 Å². The molecule has 0 saturated heterocycles. The summed E-state index contributed by atoms with van der Waals surface area (Å²) in [6, 6.07) is 0. The number of aromatic nitrogens is 4. The van der Waals surface area contributed by atoms with Gasteiger partial charge in [0.05, 0.1) is 23.3 Å². The molecule has 0 saturated carbocycles. The molecule has 0 atom stereocenters. The van der Waals surface area contributed by atoms with Crippen LogP contribution in [-0.2, 0) is 16.6 Å². The fourth-order valence-corrected chi connectivity index (χ4v) is 3.65. The maximum absolute atomic E-state index is 12.5. The summed E-state index contributed by atoms with van der Waals surface area (Å²) in [6.07, 6.45) is 3.78. The molecule has 21 heavy (non-hydrogen) atoms. The minimum absolute atomic E-state index is 0.230. The number of anilines is 1. The molecule has 0 fully saturated rings. The van der Waals surface area contributed by atoms with Crippen LogP contribution in [0.4, 0.5) is 5.69 Å². The lowest BCUT2D eigenvalue weighted by atomic mass is 10.4. The molecular formula is C12H20N6O2S. The lowest BCUT2D eigenvalue weighted by Crippen LogP contribution is -2.15. The number of nitrogens with zero attached hydrogens (tertiary/aromatic N) is 3. The first-order valence-corrected chi connectivity index (χ1v) is 8.14. The number of aromatic amines is 1. The molecule has 0 amide bonds. The van der Waals surface area contributed by atoms with E-state index in [0.29, 0.717) is 23.6 Å². The summed E-state index contributed by atoms with van der Waals surface area (Å²) >= 11 is 0. The number of aryl methyl sites for hydroxylation is 2. The number of hydrogen-bond donors (Lipinski definition) is 3. The quantitative estimate of drug-likeness (QED) is 0.651. The van der Waals surface area contributed by atoms with Gasteiger partial charge in [-0.2, -0.15) is 10.2 Å². The molecule has 0 aliphatic rings. The van der Waals surface area contributed by atoms with Crippen molar-refractivity contribution in [2.75, 3.05) is 18.3 Å². The Morgan fingerprint density at radius 3 is 2.76 bits per heavy atom. The third-order valence-corrected chi connectivity index (χ3v) is 4.76. The number of nitrogens with one attached hydrogen (secondary N) is 3. The first-order valence-electron chi connectivity index (χ1n) is 6.66. The second-order valence-electron chi connectivity index (χ2n) is 4.77. The molecule has 9 heteroatoms. The predicted octanol–water partition coefficient (Wildman–Crippen LogP) is 0.633. The van der Waals surface area contributed by atoms with Crippen LogP contribution in [0.5, 0.6) is 0 Å². The van der Waals surface area contributed by atoms with Gasteiger partial charge in [-0.1, -0.05) is 0 Å². The van der Waals surface area contributed by atoms with Crippen LogP contribution in [0.25, 0.3) is 0 Å². The number of H-pyrrole nitrogens is 1. The van der Waals surface area contributed by atoms with Crippen LogP contribution in [0.15, 0.2) is 17.3 Å². The lowest BCUT2D eigenvalue weighted by molar-refractivity contribution is 0.546. The first-order chi connectivity index (χ1) is 9.95. The summed E-state index contributed by atoms with van der Waals surface area (Å²) < 4.78 is 29.2. The van der Waals surface area contributed by atoms with Crippen LogP contribution in [0, 0.1) is 13.8 Å². The standard InChI is InChI=1S/C12H20N6O2S/c1-9-12(10(2)18(16-9)6-4-5-13-3)21(19,20)17-11-7-14-15-8-11/h7-8,13,17H,4-6H2,1-3H3,(H,14,15). The van der Waals surface area contributed by atoms with Gasteiger partial charge in [-0.15, -0.1) is 0 Å². The van der Waals surface area contributed by atoms with Crippen molar-refractivity contribution >= 4 is 15.7 Å². The van der Waals surface area contributed by atoms with Crippen LogP contribution in [0.2, 0.25) is 0 Å². The molecule has 2 aromatic rings. The van der Waals surface area contributed by atoms with Crippen molar-refractivity contribution in [3.8, 4) is 0 Å². The summed E-state index contributed by atoms with van der Waals surface area (Å²) in [5.74, 6) is 0. The van der Waals surface area contributed by atoms with E-state index >= 15 is 0 Å². The Bertz CT molecular complexity index is 690. The summed E-state index contributed by atoms with van der Waals surface area (Å²) in [5, 5.41) is 13.7. The molecule has 0 aliphatic heterocycles. The van der Waals surface area contributed by atoms with Crippen molar-refractivity contribution in [3.63, 3.8) is 0 Å². The van der Waals surface area contributed by atoms with E-state index in [1.165, 1.54) is 12.4 Å². The highest BCUT2D eigenvalue weighted by molar-refractivity contribution is 7.92. The minimum atomic E-state index is -3.66. The smallest absolute Gasteiger partial charge is 0.265 e. The Balaban J connectivity index is 2.26. The summed E-state index contributed by atoms with van der Waals surface area (Å²) in [6.45, 7) is 5.00. The molecule has 2 heterocycles. The molecule has 0 bridgehead atoms. The molecule has 0 aliphatic carbocycles. The average molecular weight is 312 g/mol. The second-order valence-corrected chi connectivity index (χ2v) is 6.39. The van der Waals surface area contributed by atoms with E-state index in [0.717, 1.165) is 13.0 Å². The summed E-state index contributed by atoms with van der Waals surface area (Å²) in [5.41, 5.74) is 1.53.